The van der Waals surface area contributed by atoms with Gasteiger partial charge in [-0.3, -0.25) is 0 Å². The van der Waals surface area contributed by atoms with Gasteiger partial charge in [-0.2, -0.15) is 0 Å². The predicted molar refractivity (Wildman–Crippen MR) is 75.0 cm³/mol. The van der Waals surface area contributed by atoms with Crippen LogP contribution in [-0.2, 0) is 6.54 Å². The molecule has 0 amide bonds. The summed E-state index contributed by atoms with van der Waals surface area (Å²) in [6.45, 7) is 2.11. The van der Waals surface area contributed by atoms with E-state index in [4.69, 9.17) is 0 Å². The number of rotatable bonds is 4. The van der Waals surface area contributed by atoms with Gasteiger partial charge in [0.25, 0.3) is 0 Å². The van der Waals surface area contributed by atoms with Crippen molar-refractivity contribution >= 4 is 26.8 Å². The molecule has 2 aromatic rings. The van der Waals surface area contributed by atoms with Crippen LogP contribution < -0.4 is 5.32 Å². The molecule has 1 fully saturated rings. The fourth-order valence-corrected chi connectivity index (χ4v) is 2.72. The van der Waals surface area contributed by atoms with Gasteiger partial charge in [0, 0.05) is 22.2 Å². The third-order valence-corrected chi connectivity index (χ3v) is 4.11. The predicted octanol–water partition coefficient (Wildman–Crippen LogP) is 3.82. The molecule has 3 heteroatoms. The Morgan fingerprint density at radius 2 is 2.18 bits per heavy atom. The van der Waals surface area contributed by atoms with Crippen LogP contribution in [0, 0.1) is 5.92 Å². The number of hydrogen-bond donors (Lipinski definition) is 2. The largest absolute Gasteiger partial charge is 0.357 e. The quantitative estimate of drug-likeness (QED) is 0.881. The summed E-state index contributed by atoms with van der Waals surface area (Å²) in [6, 6.07) is 8.59. The Balaban J connectivity index is 1.64. The second-order valence-electron chi connectivity index (χ2n) is 4.95. The first-order chi connectivity index (χ1) is 8.31. The van der Waals surface area contributed by atoms with E-state index in [1.165, 1.54) is 42.4 Å². The number of aromatic nitrogens is 1. The standard InChI is InChI=1S/C14H17BrN2/c15-12-5-4-11-6-13(17-14(11)7-12)9-16-8-10-2-1-3-10/h4-7,10,16-17H,1-3,8-9H2. The summed E-state index contributed by atoms with van der Waals surface area (Å²) in [5.41, 5.74) is 2.48. The highest BCUT2D eigenvalue weighted by atomic mass is 79.9. The third kappa shape index (κ3) is 2.55. The fraction of sp³-hybridized carbons (Fsp3) is 0.429. The molecule has 1 aromatic heterocycles. The van der Waals surface area contributed by atoms with E-state index in [2.05, 4.69) is 50.5 Å². The summed E-state index contributed by atoms with van der Waals surface area (Å²) in [4.78, 5) is 3.45. The van der Waals surface area contributed by atoms with E-state index >= 15 is 0 Å². The van der Waals surface area contributed by atoms with Crippen LogP contribution in [0.25, 0.3) is 10.9 Å². The molecule has 90 valence electrons. The molecule has 0 unspecified atom stereocenters. The zero-order valence-electron chi connectivity index (χ0n) is 9.80. The monoisotopic (exact) mass is 292 g/mol. The van der Waals surface area contributed by atoms with E-state index < -0.39 is 0 Å². The van der Waals surface area contributed by atoms with E-state index in [1.807, 2.05) is 0 Å². The van der Waals surface area contributed by atoms with E-state index in [1.54, 1.807) is 0 Å². The lowest BCUT2D eigenvalue weighted by Crippen LogP contribution is -2.26. The lowest BCUT2D eigenvalue weighted by Gasteiger charge is -2.25. The second kappa shape index (κ2) is 4.83. The maximum atomic E-state index is 3.54. The Hall–Kier alpha value is -0.800. The van der Waals surface area contributed by atoms with Crippen LogP contribution in [0.2, 0.25) is 0 Å². The van der Waals surface area contributed by atoms with Gasteiger partial charge in [-0.15, -0.1) is 0 Å². The van der Waals surface area contributed by atoms with E-state index in [-0.39, 0.29) is 0 Å². The molecule has 1 saturated carbocycles. The first-order valence-electron chi connectivity index (χ1n) is 6.29. The smallest absolute Gasteiger partial charge is 0.0467 e. The molecule has 0 bridgehead atoms. The Morgan fingerprint density at radius 1 is 1.29 bits per heavy atom. The summed E-state index contributed by atoms with van der Waals surface area (Å²) >= 11 is 3.49. The van der Waals surface area contributed by atoms with Crippen LogP contribution in [0.1, 0.15) is 25.0 Å². The number of fused-ring (bicyclic) bond motifs is 1. The van der Waals surface area contributed by atoms with Crippen LogP contribution in [-0.4, -0.2) is 11.5 Å². The van der Waals surface area contributed by atoms with Gasteiger partial charge >= 0.3 is 0 Å². The number of halogens is 1. The van der Waals surface area contributed by atoms with Crippen LogP contribution in [0.15, 0.2) is 28.7 Å². The maximum Gasteiger partial charge on any atom is 0.0467 e. The van der Waals surface area contributed by atoms with Crippen LogP contribution in [0.4, 0.5) is 0 Å². The highest BCUT2D eigenvalue weighted by Crippen LogP contribution is 2.25. The number of hydrogen-bond acceptors (Lipinski definition) is 1. The molecule has 1 aromatic carbocycles. The minimum Gasteiger partial charge on any atom is -0.357 e. The molecular formula is C14H17BrN2. The molecule has 2 nitrogen and oxygen atoms in total. The summed E-state index contributed by atoms with van der Waals surface area (Å²) < 4.78 is 1.13. The van der Waals surface area contributed by atoms with Crippen LogP contribution >= 0.6 is 15.9 Å². The molecule has 1 aliphatic rings. The SMILES string of the molecule is Brc1ccc2cc(CNCC3CCC3)[nH]c2c1. The van der Waals surface area contributed by atoms with Gasteiger partial charge in [0.05, 0.1) is 0 Å². The Bertz CT molecular complexity index is 514. The lowest BCUT2D eigenvalue weighted by atomic mass is 9.85. The first-order valence-corrected chi connectivity index (χ1v) is 7.08. The molecule has 0 radical (unpaired) electrons. The Kier molecular flexibility index (Phi) is 3.21. The molecule has 2 N–H and O–H groups in total. The summed E-state index contributed by atoms with van der Waals surface area (Å²) in [6.07, 6.45) is 4.24. The highest BCUT2D eigenvalue weighted by Gasteiger charge is 2.16. The number of aromatic amines is 1. The van der Waals surface area contributed by atoms with Gasteiger partial charge < -0.3 is 10.3 Å². The third-order valence-electron chi connectivity index (χ3n) is 3.61. The minimum atomic E-state index is 0.925. The van der Waals surface area contributed by atoms with Crippen molar-refractivity contribution in [2.45, 2.75) is 25.8 Å². The maximum absolute atomic E-state index is 3.54. The molecule has 0 aliphatic heterocycles. The summed E-state index contributed by atoms with van der Waals surface area (Å²) in [7, 11) is 0. The highest BCUT2D eigenvalue weighted by molar-refractivity contribution is 9.10. The average molecular weight is 293 g/mol. The zero-order valence-corrected chi connectivity index (χ0v) is 11.4. The minimum absolute atomic E-state index is 0.925. The van der Waals surface area contributed by atoms with Gasteiger partial charge in [0.2, 0.25) is 0 Å². The zero-order chi connectivity index (χ0) is 11.7. The van der Waals surface area contributed by atoms with Crippen molar-refractivity contribution in [2.24, 2.45) is 5.92 Å². The number of benzene rings is 1. The Labute approximate surface area is 110 Å². The molecule has 0 saturated heterocycles. The van der Waals surface area contributed by atoms with Crippen LogP contribution in [0.5, 0.6) is 0 Å². The fourth-order valence-electron chi connectivity index (χ4n) is 2.36. The van der Waals surface area contributed by atoms with Crippen molar-refractivity contribution in [3.8, 4) is 0 Å². The van der Waals surface area contributed by atoms with E-state index in [0.717, 1.165) is 16.9 Å². The molecule has 17 heavy (non-hydrogen) atoms. The van der Waals surface area contributed by atoms with Crippen molar-refractivity contribution in [2.75, 3.05) is 6.54 Å². The lowest BCUT2D eigenvalue weighted by molar-refractivity contribution is 0.301. The normalized spacial score (nSPS) is 16.3. The summed E-state index contributed by atoms with van der Waals surface area (Å²) in [5.74, 6) is 0.925. The van der Waals surface area contributed by atoms with Gasteiger partial charge in [-0.05, 0) is 48.9 Å². The van der Waals surface area contributed by atoms with Gasteiger partial charge in [-0.1, -0.05) is 28.4 Å². The summed E-state index contributed by atoms with van der Waals surface area (Å²) in [5, 5.41) is 4.82. The van der Waals surface area contributed by atoms with Gasteiger partial charge in [0.15, 0.2) is 0 Å². The van der Waals surface area contributed by atoms with Crippen molar-refractivity contribution in [3.05, 3.63) is 34.4 Å². The van der Waals surface area contributed by atoms with Crippen LogP contribution in [0.3, 0.4) is 0 Å². The average Bonchev–Trinajstić information content (AvgIpc) is 2.63. The second-order valence-corrected chi connectivity index (χ2v) is 5.87. The topological polar surface area (TPSA) is 27.8 Å². The molecule has 0 atom stereocenters. The van der Waals surface area contributed by atoms with Crippen molar-refractivity contribution in [3.63, 3.8) is 0 Å². The molecular weight excluding hydrogens is 276 g/mol. The van der Waals surface area contributed by atoms with Gasteiger partial charge in [0.1, 0.15) is 0 Å². The van der Waals surface area contributed by atoms with Crippen molar-refractivity contribution in [1.29, 1.82) is 0 Å². The van der Waals surface area contributed by atoms with Crippen molar-refractivity contribution in [1.82, 2.24) is 10.3 Å². The van der Waals surface area contributed by atoms with Gasteiger partial charge in [-0.25, -0.2) is 0 Å². The molecule has 1 heterocycles. The number of H-pyrrole nitrogens is 1. The van der Waals surface area contributed by atoms with Crippen molar-refractivity contribution < 1.29 is 0 Å². The molecule has 3 rings (SSSR count). The molecule has 0 spiro atoms. The van der Waals surface area contributed by atoms with E-state index in [9.17, 15) is 0 Å². The van der Waals surface area contributed by atoms with E-state index in [0.29, 0.717) is 0 Å². The first kappa shape index (κ1) is 11.3. The molecule has 1 aliphatic carbocycles. The number of nitrogens with one attached hydrogen (secondary N) is 2. The Morgan fingerprint density at radius 3 is 2.94 bits per heavy atom.